The SMILES string of the molecule is CN(C)CC(=O)Nc1cccc2c1CCN(C(=O)/C=C/c1c(-n3cnnn3)ccc(I)c1F)[C@@H]2C(=O)Nc1ccc(C(=O)O)cc1. The number of aromatic carboxylic acids is 1. The topological polar surface area (TPSA) is 163 Å². The number of hydrogen-bond donors (Lipinski definition) is 3. The Labute approximate surface area is 276 Å². The maximum atomic E-state index is 15.3. The molecule has 236 valence electrons. The minimum Gasteiger partial charge on any atom is -0.478 e. The first-order valence-corrected chi connectivity index (χ1v) is 15.0. The summed E-state index contributed by atoms with van der Waals surface area (Å²) in [5, 5.41) is 26.0. The Morgan fingerprint density at radius 3 is 2.52 bits per heavy atom. The van der Waals surface area contributed by atoms with Crippen LogP contribution in [-0.4, -0.2) is 86.0 Å². The van der Waals surface area contributed by atoms with E-state index in [2.05, 4.69) is 26.2 Å². The number of tetrazole rings is 1. The van der Waals surface area contributed by atoms with Gasteiger partial charge in [-0.05, 0) is 113 Å². The lowest BCUT2D eigenvalue weighted by Gasteiger charge is -2.36. The van der Waals surface area contributed by atoms with Crippen LogP contribution in [0.25, 0.3) is 11.8 Å². The third kappa shape index (κ3) is 7.10. The molecule has 0 fully saturated rings. The normalized spacial score (nSPS) is 14.3. The highest BCUT2D eigenvalue weighted by Gasteiger charge is 2.36. The van der Waals surface area contributed by atoms with E-state index < -0.39 is 29.6 Å². The molecule has 0 saturated heterocycles. The second-order valence-corrected chi connectivity index (χ2v) is 11.8. The molecule has 4 aromatic rings. The number of carboxylic acid groups (broad SMARTS) is 1. The molecular formula is C31H28FIN8O5. The Bertz CT molecular complexity index is 1830. The Kier molecular flexibility index (Phi) is 9.81. The van der Waals surface area contributed by atoms with Crippen molar-refractivity contribution in [1.29, 1.82) is 0 Å². The number of hydrogen-bond acceptors (Lipinski definition) is 8. The van der Waals surface area contributed by atoms with Crippen molar-refractivity contribution in [2.45, 2.75) is 12.5 Å². The highest BCUT2D eigenvalue weighted by molar-refractivity contribution is 14.1. The van der Waals surface area contributed by atoms with E-state index in [0.29, 0.717) is 38.2 Å². The van der Waals surface area contributed by atoms with Gasteiger partial charge in [-0.1, -0.05) is 12.1 Å². The van der Waals surface area contributed by atoms with Gasteiger partial charge in [0.2, 0.25) is 11.8 Å². The molecule has 3 aromatic carbocycles. The number of nitrogens with zero attached hydrogens (tertiary/aromatic N) is 6. The second-order valence-electron chi connectivity index (χ2n) is 10.6. The molecule has 1 aliphatic heterocycles. The maximum Gasteiger partial charge on any atom is 0.335 e. The molecule has 0 saturated carbocycles. The molecule has 5 rings (SSSR count). The molecule has 0 unspecified atom stereocenters. The molecule has 3 N–H and O–H groups in total. The third-order valence-corrected chi connectivity index (χ3v) is 8.02. The fourth-order valence-electron chi connectivity index (χ4n) is 5.13. The monoisotopic (exact) mass is 738 g/mol. The van der Waals surface area contributed by atoms with Crippen LogP contribution >= 0.6 is 22.6 Å². The molecule has 1 aliphatic rings. The summed E-state index contributed by atoms with van der Waals surface area (Å²) in [6.07, 6.45) is 4.15. The van der Waals surface area contributed by atoms with Crippen molar-refractivity contribution in [1.82, 2.24) is 30.0 Å². The fourth-order valence-corrected chi connectivity index (χ4v) is 5.60. The van der Waals surface area contributed by atoms with Crippen molar-refractivity contribution in [2.75, 3.05) is 37.8 Å². The van der Waals surface area contributed by atoms with Gasteiger partial charge in [0.25, 0.3) is 5.91 Å². The van der Waals surface area contributed by atoms with E-state index in [0.717, 1.165) is 0 Å². The Hall–Kier alpha value is -5.03. The average molecular weight is 739 g/mol. The van der Waals surface area contributed by atoms with Crippen LogP contribution in [0.3, 0.4) is 0 Å². The molecule has 13 nitrogen and oxygen atoms in total. The predicted octanol–water partition coefficient (Wildman–Crippen LogP) is 3.38. The minimum atomic E-state index is -1.13. The summed E-state index contributed by atoms with van der Waals surface area (Å²) < 4.78 is 16.9. The van der Waals surface area contributed by atoms with Gasteiger partial charge in [0.1, 0.15) is 18.2 Å². The van der Waals surface area contributed by atoms with Crippen molar-refractivity contribution < 1.29 is 28.7 Å². The van der Waals surface area contributed by atoms with Crippen molar-refractivity contribution >= 4 is 63.7 Å². The van der Waals surface area contributed by atoms with Crippen molar-refractivity contribution in [3.8, 4) is 5.69 Å². The van der Waals surface area contributed by atoms with E-state index in [1.165, 1.54) is 52.3 Å². The summed E-state index contributed by atoms with van der Waals surface area (Å²) in [7, 11) is 3.54. The van der Waals surface area contributed by atoms with Crippen LogP contribution in [0.2, 0.25) is 0 Å². The molecule has 0 radical (unpaired) electrons. The predicted molar refractivity (Wildman–Crippen MR) is 175 cm³/mol. The van der Waals surface area contributed by atoms with Gasteiger partial charge in [-0.15, -0.1) is 5.10 Å². The summed E-state index contributed by atoms with van der Waals surface area (Å²) in [6, 6.07) is 12.8. The minimum absolute atomic E-state index is 0.0462. The van der Waals surface area contributed by atoms with Gasteiger partial charge < -0.3 is 25.5 Å². The summed E-state index contributed by atoms with van der Waals surface area (Å²) in [5.41, 5.74) is 2.50. The van der Waals surface area contributed by atoms with Gasteiger partial charge in [-0.3, -0.25) is 14.4 Å². The smallest absolute Gasteiger partial charge is 0.335 e. The highest BCUT2D eigenvalue weighted by Crippen LogP contribution is 2.35. The fraction of sp³-hybridized carbons (Fsp3) is 0.194. The van der Waals surface area contributed by atoms with E-state index in [1.54, 1.807) is 49.3 Å². The summed E-state index contributed by atoms with van der Waals surface area (Å²) in [4.78, 5) is 54.7. The lowest BCUT2D eigenvalue weighted by atomic mass is 9.90. The van der Waals surface area contributed by atoms with Crippen molar-refractivity contribution in [3.63, 3.8) is 0 Å². The zero-order chi connectivity index (χ0) is 33.0. The number of halogens is 2. The van der Waals surface area contributed by atoms with Crippen LogP contribution in [-0.2, 0) is 20.8 Å². The number of fused-ring (bicyclic) bond motifs is 1. The number of likely N-dealkylation sites (N-methyl/N-ethyl adjacent to an activating group) is 1. The second kappa shape index (κ2) is 13.9. The number of aromatic nitrogens is 4. The van der Waals surface area contributed by atoms with Gasteiger partial charge >= 0.3 is 5.97 Å². The standard InChI is InChI=1S/C31H28FIN8O5/c1-39(2)16-26(42)36-24-5-3-4-21-20(24)14-15-40(29(21)30(44)35-19-8-6-18(7-9-19)31(45)46)27(43)13-10-22-25(41-17-34-37-38-41)12-11-23(33)28(22)32/h3-13,17,29H,14-16H2,1-2H3,(H,35,44)(H,36,42)(H,45,46)/b13-10+/t29-/m0/s1. The number of amides is 3. The van der Waals surface area contributed by atoms with Gasteiger partial charge in [0, 0.05) is 33.1 Å². The summed E-state index contributed by atoms with van der Waals surface area (Å²) in [6.45, 7) is 0.262. The van der Waals surface area contributed by atoms with Gasteiger partial charge in [-0.2, -0.15) is 4.68 Å². The number of carbonyl (C=O) groups is 4. The third-order valence-electron chi connectivity index (χ3n) is 7.18. The molecule has 0 aliphatic carbocycles. The maximum absolute atomic E-state index is 15.3. The van der Waals surface area contributed by atoms with Crippen molar-refractivity contribution in [2.24, 2.45) is 0 Å². The van der Waals surface area contributed by atoms with Gasteiger partial charge in [0.15, 0.2) is 0 Å². The van der Waals surface area contributed by atoms with Gasteiger partial charge in [-0.25, -0.2) is 9.18 Å². The van der Waals surface area contributed by atoms with E-state index in [-0.39, 0.29) is 30.1 Å². The van der Waals surface area contributed by atoms with Crippen LogP contribution in [0, 0.1) is 9.39 Å². The highest BCUT2D eigenvalue weighted by atomic mass is 127. The average Bonchev–Trinajstić information content (AvgIpc) is 3.56. The molecule has 15 heteroatoms. The first-order chi connectivity index (χ1) is 22.0. The number of benzene rings is 3. The van der Waals surface area contributed by atoms with E-state index in [1.807, 2.05) is 22.6 Å². The molecule has 46 heavy (non-hydrogen) atoms. The largest absolute Gasteiger partial charge is 0.478 e. The zero-order valence-corrected chi connectivity index (χ0v) is 26.8. The molecule has 1 aromatic heterocycles. The van der Waals surface area contributed by atoms with Gasteiger partial charge in [0.05, 0.1) is 17.8 Å². The van der Waals surface area contributed by atoms with E-state index in [4.69, 9.17) is 0 Å². The molecule has 0 spiro atoms. The molecule has 3 amide bonds. The number of anilines is 2. The van der Waals surface area contributed by atoms with Crippen LogP contribution < -0.4 is 10.6 Å². The lowest BCUT2D eigenvalue weighted by Crippen LogP contribution is -2.45. The van der Waals surface area contributed by atoms with Crippen LogP contribution in [0.4, 0.5) is 15.8 Å². The molecule has 2 heterocycles. The van der Waals surface area contributed by atoms with E-state index in [9.17, 15) is 24.3 Å². The first-order valence-electron chi connectivity index (χ1n) is 13.9. The number of nitrogens with one attached hydrogen (secondary N) is 2. The summed E-state index contributed by atoms with van der Waals surface area (Å²) >= 11 is 1.85. The van der Waals surface area contributed by atoms with Crippen molar-refractivity contribution in [3.05, 3.63) is 98.6 Å². The zero-order valence-electron chi connectivity index (χ0n) is 24.6. The van der Waals surface area contributed by atoms with E-state index >= 15 is 4.39 Å². The first kappa shape index (κ1) is 32.4. The lowest BCUT2D eigenvalue weighted by molar-refractivity contribution is -0.135. The Morgan fingerprint density at radius 1 is 1.09 bits per heavy atom. The van der Waals surface area contributed by atoms with Crippen LogP contribution in [0.15, 0.2) is 67.0 Å². The molecule has 0 bridgehead atoms. The quantitative estimate of drug-likeness (QED) is 0.173. The molecular weight excluding hydrogens is 710 g/mol. The summed E-state index contributed by atoms with van der Waals surface area (Å²) in [5.74, 6) is -3.04. The van der Waals surface area contributed by atoms with Crippen LogP contribution in [0.5, 0.6) is 0 Å². The molecule has 1 atom stereocenters. The number of rotatable bonds is 9. The Morgan fingerprint density at radius 2 is 1.85 bits per heavy atom. The van der Waals surface area contributed by atoms with Crippen LogP contribution in [0.1, 0.15) is 33.1 Å². The Balaban J connectivity index is 1.50. The number of carbonyl (C=O) groups excluding carboxylic acids is 3. The number of carboxylic acids is 1.